The van der Waals surface area contributed by atoms with E-state index in [-0.39, 0.29) is 11.3 Å². The van der Waals surface area contributed by atoms with E-state index in [1.807, 2.05) is 18.2 Å². The molecule has 0 heterocycles. The highest BCUT2D eigenvalue weighted by Gasteiger charge is 2.23. The zero-order chi connectivity index (χ0) is 17.7. The fourth-order valence-electron chi connectivity index (χ4n) is 2.40. The van der Waals surface area contributed by atoms with Gasteiger partial charge in [-0.3, -0.25) is 4.79 Å². The van der Waals surface area contributed by atoms with Gasteiger partial charge in [-0.25, -0.2) is 0 Å². The van der Waals surface area contributed by atoms with Crippen LogP contribution >= 0.6 is 11.6 Å². The summed E-state index contributed by atoms with van der Waals surface area (Å²) in [5.74, 6) is 1.16. The Kier molecular flexibility index (Phi) is 5.73. The Hall–Kier alpha value is -2.20. The van der Waals surface area contributed by atoms with Crippen molar-refractivity contribution in [3.8, 4) is 11.5 Å². The summed E-state index contributed by atoms with van der Waals surface area (Å²) in [6.45, 7) is 4.58. The SMILES string of the molecule is COc1ccc(C(C)(C)CNC(=O)c2ccccc2Cl)cc1OC. The average molecular weight is 348 g/mol. The van der Waals surface area contributed by atoms with Crippen molar-refractivity contribution >= 4 is 17.5 Å². The molecule has 0 atom stereocenters. The van der Waals surface area contributed by atoms with Crippen molar-refractivity contribution in [2.45, 2.75) is 19.3 Å². The van der Waals surface area contributed by atoms with E-state index in [0.717, 1.165) is 5.56 Å². The second-order valence-electron chi connectivity index (χ2n) is 6.12. The lowest BCUT2D eigenvalue weighted by Gasteiger charge is -2.26. The van der Waals surface area contributed by atoms with E-state index in [9.17, 15) is 4.79 Å². The number of rotatable bonds is 6. The topological polar surface area (TPSA) is 47.6 Å². The fraction of sp³-hybridized carbons (Fsp3) is 0.316. The van der Waals surface area contributed by atoms with E-state index >= 15 is 0 Å². The quantitative estimate of drug-likeness (QED) is 0.857. The van der Waals surface area contributed by atoms with Crippen LogP contribution in [0.1, 0.15) is 29.8 Å². The second-order valence-corrected chi connectivity index (χ2v) is 6.52. The first-order valence-electron chi connectivity index (χ1n) is 7.64. The highest BCUT2D eigenvalue weighted by Crippen LogP contribution is 2.33. The highest BCUT2D eigenvalue weighted by atomic mass is 35.5. The van der Waals surface area contributed by atoms with Crippen LogP contribution in [0.25, 0.3) is 0 Å². The van der Waals surface area contributed by atoms with Crippen molar-refractivity contribution in [2.75, 3.05) is 20.8 Å². The van der Waals surface area contributed by atoms with Gasteiger partial charge in [0.1, 0.15) is 0 Å². The highest BCUT2D eigenvalue weighted by molar-refractivity contribution is 6.33. The van der Waals surface area contributed by atoms with Crippen molar-refractivity contribution in [3.63, 3.8) is 0 Å². The largest absolute Gasteiger partial charge is 0.493 e. The number of carbonyl (C=O) groups excluding carboxylic acids is 1. The summed E-state index contributed by atoms with van der Waals surface area (Å²) in [4.78, 5) is 12.3. The molecule has 2 aromatic rings. The van der Waals surface area contributed by atoms with Crippen molar-refractivity contribution in [2.24, 2.45) is 0 Å². The normalized spacial score (nSPS) is 11.0. The Balaban J connectivity index is 2.14. The van der Waals surface area contributed by atoms with Gasteiger partial charge in [0.25, 0.3) is 5.91 Å². The minimum Gasteiger partial charge on any atom is -0.493 e. The van der Waals surface area contributed by atoms with E-state index < -0.39 is 0 Å². The van der Waals surface area contributed by atoms with Gasteiger partial charge in [0.05, 0.1) is 24.8 Å². The van der Waals surface area contributed by atoms with Crippen molar-refractivity contribution in [1.82, 2.24) is 5.32 Å². The molecule has 0 aromatic heterocycles. The molecule has 0 bridgehead atoms. The van der Waals surface area contributed by atoms with Crippen LogP contribution in [0.5, 0.6) is 11.5 Å². The van der Waals surface area contributed by atoms with Crippen LogP contribution in [-0.2, 0) is 5.41 Å². The standard InChI is InChI=1S/C19H22ClNO3/c1-19(2,13-9-10-16(23-3)17(11-13)24-4)12-21-18(22)14-7-5-6-8-15(14)20/h5-11H,12H2,1-4H3,(H,21,22). The summed E-state index contributed by atoms with van der Waals surface area (Å²) >= 11 is 6.07. The van der Waals surface area contributed by atoms with Crippen molar-refractivity contribution in [3.05, 3.63) is 58.6 Å². The predicted molar refractivity (Wildman–Crippen MR) is 96.4 cm³/mol. The maximum atomic E-state index is 12.3. The van der Waals surface area contributed by atoms with Crippen LogP contribution in [0.15, 0.2) is 42.5 Å². The lowest BCUT2D eigenvalue weighted by molar-refractivity contribution is 0.0946. The summed E-state index contributed by atoms with van der Waals surface area (Å²) in [5.41, 5.74) is 1.23. The lowest BCUT2D eigenvalue weighted by atomic mass is 9.84. The van der Waals surface area contributed by atoms with Gasteiger partial charge in [0, 0.05) is 12.0 Å². The molecular weight excluding hydrogens is 326 g/mol. The van der Waals surface area contributed by atoms with Crippen LogP contribution in [0.2, 0.25) is 5.02 Å². The summed E-state index contributed by atoms with van der Waals surface area (Å²) in [7, 11) is 3.21. The molecule has 0 radical (unpaired) electrons. The van der Waals surface area contributed by atoms with Gasteiger partial charge in [0.15, 0.2) is 11.5 Å². The Labute approximate surface area is 147 Å². The second kappa shape index (κ2) is 7.58. The zero-order valence-corrected chi connectivity index (χ0v) is 15.1. The Morgan fingerprint density at radius 1 is 1.08 bits per heavy atom. The maximum absolute atomic E-state index is 12.3. The van der Waals surface area contributed by atoms with Gasteiger partial charge in [-0.05, 0) is 29.8 Å². The molecular formula is C19H22ClNO3. The third kappa shape index (κ3) is 4.01. The smallest absolute Gasteiger partial charge is 0.252 e. The Bertz CT molecular complexity index is 728. The van der Waals surface area contributed by atoms with Crippen LogP contribution in [0.3, 0.4) is 0 Å². The van der Waals surface area contributed by atoms with Crippen molar-refractivity contribution < 1.29 is 14.3 Å². The number of amides is 1. The van der Waals surface area contributed by atoms with Crippen LogP contribution in [0.4, 0.5) is 0 Å². The first-order valence-corrected chi connectivity index (χ1v) is 8.02. The van der Waals surface area contributed by atoms with Gasteiger partial charge in [0.2, 0.25) is 0 Å². The average Bonchev–Trinajstić information content (AvgIpc) is 2.59. The maximum Gasteiger partial charge on any atom is 0.252 e. The van der Waals surface area contributed by atoms with E-state index in [4.69, 9.17) is 21.1 Å². The molecule has 0 aliphatic rings. The summed E-state index contributed by atoms with van der Waals surface area (Å²) in [5, 5.41) is 3.39. The minimum atomic E-state index is -0.281. The van der Waals surface area contributed by atoms with Crippen molar-refractivity contribution in [1.29, 1.82) is 0 Å². The zero-order valence-electron chi connectivity index (χ0n) is 14.4. The molecule has 0 aliphatic heterocycles. The van der Waals surface area contributed by atoms with Gasteiger partial charge in [-0.15, -0.1) is 0 Å². The first-order chi connectivity index (χ1) is 11.4. The number of halogens is 1. The summed E-state index contributed by atoms with van der Waals surface area (Å²) < 4.78 is 10.6. The Morgan fingerprint density at radius 3 is 2.38 bits per heavy atom. The molecule has 24 heavy (non-hydrogen) atoms. The lowest BCUT2D eigenvalue weighted by Crippen LogP contribution is -2.36. The first kappa shape index (κ1) is 18.1. The van der Waals surface area contributed by atoms with Crippen LogP contribution < -0.4 is 14.8 Å². The number of nitrogens with one attached hydrogen (secondary N) is 1. The van der Waals surface area contributed by atoms with Gasteiger partial charge < -0.3 is 14.8 Å². The predicted octanol–water partition coefficient (Wildman–Crippen LogP) is 4.06. The molecule has 0 saturated carbocycles. The van der Waals surface area contributed by atoms with Gasteiger partial charge in [-0.1, -0.05) is 43.6 Å². The third-order valence-corrected chi connectivity index (χ3v) is 4.30. The number of carbonyl (C=O) groups is 1. The number of ether oxygens (including phenoxy) is 2. The van der Waals surface area contributed by atoms with E-state index in [0.29, 0.717) is 28.6 Å². The van der Waals surface area contributed by atoms with Crippen LogP contribution in [-0.4, -0.2) is 26.7 Å². The number of methoxy groups -OCH3 is 2. The number of hydrogen-bond donors (Lipinski definition) is 1. The van der Waals surface area contributed by atoms with E-state index in [2.05, 4.69) is 19.2 Å². The Morgan fingerprint density at radius 2 is 1.75 bits per heavy atom. The molecule has 128 valence electrons. The third-order valence-electron chi connectivity index (χ3n) is 3.97. The van der Waals surface area contributed by atoms with E-state index in [1.165, 1.54) is 0 Å². The molecule has 0 unspecified atom stereocenters. The summed E-state index contributed by atoms with van der Waals surface area (Å²) in [6, 6.07) is 12.8. The molecule has 2 aromatic carbocycles. The molecule has 1 amide bonds. The molecule has 0 aliphatic carbocycles. The molecule has 1 N–H and O–H groups in total. The van der Waals surface area contributed by atoms with Crippen LogP contribution in [0, 0.1) is 0 Å². The molecule has 0 fully saturated rings. The molecule has 0 spiro atoms. The summed E-state index contributed by atoms with van der Waals surface area (Å²) in [6.07, 6.45) is 0. The van der Waals surface area contributed by atoms with E-state index in [1.54, 1.807) is 38.5 Å². The van der Waals surface area contributed by atoms with Gasteiger partial charge >= 0.3 is 0 Å². The molecule has 2 rings (SSSR count). The number of hydrogen-bond acceptors (Lipinski definition) is 3. The molecule has 0 saturated heterocycles. The molecule has 4 nitrogen and oxygen atoms in total. The fourth-order valence-corrected chi connectivity index (χ4v) is 2.62. The molecule has 5 heteroatoms. The minimum absolute atomic E-state index is 0.186. The van der Waals surface area contributed by atoms with Gasteiger partial charge in [-0.2, -0.15) is 0 Å². The monoisotopic (exact) mass is 347 g/mol. The number of benzene rings is 2.